The van der Waals surface area contributed by atoms with Crippen LogP contribution in [0.5, 0.6) is 0 Å². The Morgan fingerprint density at radius 2 is 2.20 bits per heavy atom. The molecule has 0 aliphatic carbocycles. The number of aromatic nitrogens is 1. The van der Waals surface area contributed by atoms with Crippen LogP contribution in [0.2, 0.25) is 0 Å². The van der Waals surface area contributed by atoms with E-state index in [1.807, 2.05) is 25.1 Å². The zero-order valence-corrected chi connectivity index (χ0v) is 12.2. The van der Waals surface area contributed by atoms with Crippen molar-refractivity contribution in [1.82, 2.24) is 9.88 Å². The highest BCUT2D eigenvalue weighted by Crippen LogP contribution is 2.27. The summed E-state index contributed by atoms with van der Waals surface area (Å²) in [5.74, 6) is 0.0384. The van der Waals surface area contributed by atoms with Crippen molar-refractivity contribution in [3.05, 3.63) is 30.1 Å². The molecule has 0 N–H and O–H groups in total. The number of hydrogen-bond acceptors (Lipinski definition) is 4. The molecule has 1 fully saturated rings. The first-order valence-corrected chi connectivity index (χ1v) is 7.04. The maximum atomic E-state index is 12.8. The molecule has 1 aliphatic rings. The quantitative estimate of drug-likeness (QED) is 0.821. The minimum absolute atomic E-state index is 0.0384. The van der Waals surface area contributed by atoms with Crippen LogP contribution in [0.25, 0.3) is 0 Å². The first kappa shape index (κ1) is 14.9. The largest absolute Gasteiger partial charge is 0.381 e. The summed E-state index contributed by atoms with van der Waals surface area (Å²) in [4.78, 5) is 18.9. The minimum atomic E-state index is -0.733. The molecule has 1 amide bonds. The van der Waals surface area contributed by atoms with E-state index in [1.165, 1.54) is 0 Å². The van der Waals surface area contributed by atoms with Crippen LogP contribution in [0.3, 0.4) is 0 Å². The van der Waals surface area contributed by atoms with Crippen molar-refractivity contribution in [2.24, 2.45) is 0 Å². The van der Waals surface area contributed by atoms with Gasteiger partial charge in [0.05, 0.1) is 12.2 Å². The van der Waals surface area contributed by atoms with E-state index in [-0.39, 0.29) is 5.91 Å². The van der Waals surface area contributed by atoms with Crippen molar-refractivity contribution >= 4 is 5.91 Å². The summed E-state index contributed by atoms with van der Waals surface area (Å²) < 4.78 is 10.9. The zero-order chi connectivity index (χ0) is 14.4. The molecule has 1 saturated heterocycles. The highest BCUT2D eigenvalue weighted by Gasteiger charge is 2.42. The fourth-order valence-electron chi connectivity index (χ4n) is 2.51. The second-order valence-electron chi connectivity index (χ2n) is 4.95. The van der Waals surface area contributed by atoms with E-state index in [0.717, 1.165) is 5.69 Å². The maximum Gasteiger partial charge on any atom is 0.255 e. The average molecular weight is 278 g/mol. The first-order chi connectivity index (χ1) is 9.72. The van der Waals surface area contributed by atoms with Gasteiger partial charge in [-0.1, -0.05) is 6.07 Å². The molecule has 0 bridgehead atoms. The van der Waals surface area contributed by atoms with Crippen molar-refractivity contribution in [2.75, 3.05) is 26.9 Å². The lowest BCUT2D eigenvalue weighted by Gasteiger charge is -2.38. The van der Waals surface area contributed by atoms with E-state index in [1.54, 1.807) is 18.2 Å². The summed E-state index contributed by atoms with van der Waals surface area (Å²) >= 11 is 0. The van der Waals surface area contributed by atoms with Crippen LogP contribution in [-0.4, -0.2) is 48.3 Å². The number of likely N-dealkylation sites (N-methyl/N-ethyl adjacent to an activating group) is 1. The maximum absolute atomic E-state index is 12.8. The highest BCUT2D eigenvalue weighted by atomic mass is 16.5. The third-order valence-electron chi connectivity index (χ3n) is 3.83. The molecule has 110 valence electrons. The molecular weight excluding hydrogens is 256 g/mol. The van der Waals surface area contributed by atoms with Gasteiger partial charge in [0.25, 0.3) is 5.91 Å². The van der Waals surface area contributed by atoms with Crippen LogP contribution >= 0.6 is 0 Å². The normalized spacial score (nSPS) is 17.7. The lowest BCUT2D eigenvalue weighted by Crippen LogP contribution is -2.53. The van der Waals surface area contributed by atoms with Crippen molar-refractivity contribution in [1.29, 1.82) is 0 Å². The number of methoxy groups -OCH3 is 1. The summed E-state index contributed by atoms with van der Waals surface area (Å²) in [5.41, 5.74) is 0.157. The van der Waals surface area contributed by atoms with Gasteiger partial charge in [-0.3, -0.25) is 9.78 Å². The summed E-state index contributed by atoms with van der Waals surface area (Å²) in [6, 6.07) is 5.73. The smallest absolute Gasteiger partial charge is 0.255 e. The monoisotopic (exact) mass is 278 g/mol. The highest BCUT2D eigenvalue weighted by molar-refractivity contribution is 5.85. The molecule has 0 saturated carbocycles. The van der Waals surface area contributed by atoms with E-state index in [2.05, 4.69) is 4.98 Å². The number of hydrogen-bond donors (Lipinski definition) is 0. The lowest BCUT2D eigenvalue weighted by atomic mass is 9.92. The summed E-state index contributed by atoms with van der Waals surface area (Å²) in [5, 5.41) is 0. The van der Waals surface area contributed by atoms with Gasteiger partial charge in [-0.15, -0.1) is 0 Å². The Hall–Kier alpha value is -1.46. The van der Waals surface area contributed by atoms with Crippen molar-refractivity contribution < 1.29 is 14.3 Å². The molecular formula is C15H22N2O3. The number of carbonyl (C=O) groups is 1. The fraction of sp³-hybridized carbons (Fsp3) is 0.600. The molecule has 1 aliphatic heterocycles. The lowest BCUT2D eigenvalue weighted by molar-refractivity contribution is -0.166. The minimum Gasteiger partial charge on any atom is -0.381 e. The van der Waals surface area contributed by atoms with Crippen molar-refractivity contribution in [2.45, 2.75) is 31.9 Å². The van der Waals surface area contributed by atoms with E-state index >= 15 is 0 Å². The van der Waals surface area contributed by atoms with Gasteiger partial charge in [-0.05, 0) is 19.1 Å². The van der Waals surface area contributed by atoms with Crippen molar-refractivity contribution in [3.8, 4) is 0 Å². The number of rotatable bonds is 5. The molecule has 0 atom stereocenters. The zero-order valence-electron chi connectivity index (χ0n) is 12.2. The molecule has 0 spiro atoms. The number of amides is 1. The standard InChI is InChI=1S/C15H22N2O3/c1-3-17(12-13-6-4-5-9-16-13)14(18)15(19-2)7-10-20-11-8-15/h4-6,9H,3,7-8,10-12H2,1-2H3. The van der Waals surface area contributed by atoms with Crippen LogP contribution in [0.4, 0.5) is 0 Å². The summed E-state index contributed by atoms with van der Waals surface area (Å²) in [6.07, 6.45) is 2.97. The molecule has 0 aromatic carbocycles. The average Bonchev–Trinajstić information content (AvgIpc) is 2.53. The molecule has 1 aromatic rings. The van der Waals surface area contributed by atoms with E-state index in [4.69, 9.17) is 9.47 Å². The van der Waals surface area contributed by atoms with Gasteiger partial charge >= 0.3 is 0 Å². The Labute approximate surface area is 119 Å². The first-order valence-electron chi connectivity index (χ1n) is 7.04. The molecule has 5 nitrogen and oxygen atoms in total. The molecule has 0 unspecified atom stereocenters. The number of ether oxygens (including phenoxy) is 2. The van der Waals surface area contributed by atoms with Gasteiger partial charge in [0, 0.05) is 45.9 Å². The second-order valence-corrected chi connectivity index (χ2v) is 4.95. The third kappa shape index (κ3) is 3.16. The van der Waals surface area contributed by atoms with Gasteiger partial charge < -0.3 is 14.4 Å². The molecule has 1 aromatic heterocycles. The number of pyridine rings is 1. The van der Waals surface area contributed by atoms with Crippen molar-refractivity contribution in [3.63, 3.8) is 0 Å². The third-order valence-corrected chi connectivity index (χ3v) is 3.83. The summed E-state index contributed by atoms with van der Waals surface area (Å²) in [7, 11) is 1.61. The Morgan fingerprint density at radius 3 is 2.75 bits per heavy atom. The van der Waals surface area contributed by atoms with Gasteiger partial charge in [0.2, 0.25) is 0 Å². The van der Waals surface area contributed by atoms with Gasteiger partial charge in [-0.25, -0.2) is 0 Å². The fourth-order valence-corrected chi connectivity index (χ4v) is 2.51. The molecule has 0 radical (unpaired) electrons. The van der Waals surface area contributed by atoms with Gasteiger partial charge in [0.15, 0.2) is 5.60 Å². The van der Waals surface area contributed by atoms with Crippen LogP contribution in [0.1, 0.15) is 25.5 Å². The number of carbonyl (C=O) groups excluding carboxylic acids is 1. The SMILES string of the molecule is CCN(Cc1ccccn1)C(=O)C1(OC)CCOCC1. The molecule has 2 rings (SSSR count). The summed E-state index contributed by atoms with van der Waals surface area (Å²) in [6.45, 7) is 4.27. The van der Waals surface area contributed by atoms with Crippen LogP contribution < -0.4 is 0 Å². The Bertz CT molecular complexity index is 430. The van der Waals surface area contributed by atoms with Crippen LogP contribution in [0, 0.1) is 0 Å². The molecule has 5 heteroatoms. The molecule has 20 heavy (non-hydrogen) atoms. The van der Waals surface area contributed by atoms with Crippen LogP contribution in [0.15, 0.2) is 24.4 Å². The van der Waals surface area contributed by atoms with E-state index < -0.39 is 5.60 Å². The van der Waals surface area contributed by atoms with Gasteiger partial charge in [-0.2, -0.15) is 0 Å². The van der Waals surface area contributed by atoms with Gasteiger partial charge in [0.1, 0.15) is 0 Å². The van der Waals surface area contributed by atoms with Crippen LogP contribution in [-0.2, 0) is 20.8 Å². The topological polar surface area (TPSA) is 51.7 Å². The predicted molar refractivity (Wildman–Crippen MR) is 75.1 cm³/mol. The molecule has 2 heterocycles. The Balaban J connectivity index is 2.11. The van der Waals surface area contributed by atoms with E-state index in [9.17, 15) is 4.79 Å². The Kier molecular flexibility index (Phi) is 5.09. The van der Waals surface area contributed by atoms with E-state index in [0.29, 0.717) is 39.1 Å². The second kappa shape index (κ2) is 6.81. The Morgan fingerprint density at radius 1 is 1.45 bits per heavy atom. The predicted octanol–water partition coefficient (Wildman–Crippen LogP) is 1.63. The number of nitrogens with zero attached hydrogens (tertiary/aromatic N) is 2.